The Kier molecular flexibility index (Phi) is 5.19. The van der Waals surface area contributed by atoms with Gasteiger partial charge >= 0.3 is 0 Å². The monoisotopic (exact) mass is 403 g/mol. The highest BCUT2D eigenvalue weighted by Gasteiger charge is 2.45. The van der Waals surface area contributed by atoms with Gasteiger partial charge in [-0.3, -0.25) is 14.8 Å². The normalized spacial score (nSPS) is 23.9. The van der Waals surface area contributed by atoms with Gasteiger partial charge in [-0.1, -0.05) is 24.3 Å². The Morgan fingerprint density at radius 3 is 3.00 bits per heavy atom. The predicted molar refractivity (Wildman–Crippen MR) is 113 cm³/mol. The number of fused-ring (bicyclic) bond motifs is 1. The number of carbonyl (C=O) groups is 1. The fraction of sp³-hybridized carbons (Fsp3) is 0.375. The van der Waals surface area contributed by atoms with Crippen molar-refractivity contribution >= 4 is 16.8 Å². The van der Waals surface area contributed by atoms with Gasteiger partial charge in [0, 0.05) is 36.9 Å². The topological polar surface area (TPSA) is 64.6 Å². The predicted octanol–water partition coefficient (Wildman–Crippen LogP) is 3.61. The highest BCUT2D eigenvalue weighted by molar-refractivity contribution is 6.05. The lowest BCUT2D eigenvalue weighted by Crippen LogP contribution is -2.50. The van der Waals surface area contributed by atoms with Gasteiger partial charge in [0.2, 0.25) is 0 Å². The summed E-state index contributed by atoms with van der Waals surface area (Å²) in [7, 11) is 0. The number of hydrogen-bond acceptors (Lipinski definition) is 5. The van der Waals surface area contributed by atoms with Gasteiger partial charge in [0.1, 0.15) is 0 Å². The molecule has 5 rings (SSSR count). The summed E-state index contributed by atoms with van der Waals surface area (Å²) in [4.78, 5) is 23.8. The minimum absolute atomic E-state index is 0.0294. The molecular formula is C24H25N3O3. The lowest BCUT2D eigenvalue weighted by atomic mass is 9.89. The van der Waals surface area contributed by atoms with Crippen molar-refractivity contribution in [3.05, 3.63) is 72.2 Å². The molecule has 2 aliphatic heterocycles. The van der Waals surface area contributed by atoms with E-state index in [1.165, 1.54) is 0 Å². The van der Waals surface area contributed by atoms with Gasteiger partial charge in [-0.25, -0.2) is 0 Å². The molecule has 0 N–H and O–H groups in total. The van der Waals surface area contributed by atoms with Crippen molar-refractivity contribution in [2.24, 2.45) is 0 Å². The number of amides is 1. The maximum atomic E-state index is 13.3. The van der Waals surface area contributed by atoms with Crippen molar-refractivity contribution in [1.29, 1.82) is 0 Å². The fourth-order valence-corrected chi connectivity index (χ4v) is 4.61. The maximum Gasteiger partial charge on any atom is 0.256 e. The van der Waals surface area contributed by atoms with Crippen LogP contribution in [0.15, 0.2) is 61.1 Å². The van der Waals surface area contributed by atoms with Gasteiger partial charge < -0.3 is 14.4 Å². The average molecular weight is 403 g/mol. The SMILES string of the molecule is O=C(c1cccc2cccnc12)N1CCC[C@]2(C[C@@H](OCc3cccnc3)CO2)C1. The first kappa shape index (κ1) is 19.2. The van der Waals surface area contributed by atoms with E-state index in [2.05, 4.69) is 9.97 Å². The van der Waals surface area contributed by atoms with Crippen LogP contribution in [-0.2, 0) is 16.1 Å². The Bertz CT molecular complexity index is 1040. The molecule has 2 atom stereocenters. The average Bonchev–Trinajstić information content (AvgIpc) is 3.19. The van der Waals surface area contributed by atoms with Crippen LogP contribution in [0.5, 0.6) is 0 Å². The minimum Gasteiger partial charge on any atom is -0.371 e. The Labute approximate surface area is 175 Å². The Morgan fingerprint density at radius 2 is 2.10 bits per heavy atom. The molecule has 6 nitrogen and oxygen atoms in total. The van der Waals surface area contributed by atoms with E-state index in [1.807, 2.05) is 53.6 Å². The summed E-state index contributed by atoms with van der Waals surface area (Å²) in [5.41, 5.74) is 2.16. The van der Waals surface area contributed by atoms with E-state index >= 15 is 0 Å². The molecule has 3 aromatic rings. The van der Waals surface area contributed by atoms with E-state index in [4.69, 9.17) is 9.47 Å². The van der Waals surface area contributed by atoms with E-state index in [1.54, 1.807) is 12.4 Å². The number of ether oxygens (including phenoxy) is 2. The highest BCUT2D eigenvalue weighted by atomic mass is 16.6. The van der Waals surface area contributed by atoms with Crippen LogP contribution in [0.3, 0.4) is 0 Å². The summed E-state index contributed by atoms with van der Waals surface area (Å²) < 4.78 is 12.3. The summed E-state index contributed by atoms with van der Waals surface area (Å²) in [6.45, 7) is 2.44. The van der Waals surface area contributed by atoms with E-state index < -0.39 is 0 Å². The van der Waals surface area contributed by atoms with Crippen LogP contribution in [0.4, 0.5) is 0 Å². The highest BCUT2D eigenvalue weighted by Crippen LogP contribution is 2.36. The summed E-state index contributed by atoms with van der Waals surface area (Å²) in [6.07, 6.45) is 8.06. The number of carbonyl (C=O) groups excluding carboxylic acids is 1. The molecule has 0 radical (unpaired) electrons. The molecule has 4 heterocycles. The van der Waals surface area contributed by atoms with Crippen molar-refractivity contribution < 1.29 is 14.3 Å². The van der Waals surface area contributed by atoms with Crippen LogP contribution in [0.1, 0.15) is 35.2 Å². The third-order valence-corrected chi connectivity index (χ3v) is 6.07. The number of rotatable bonds is 4. The van der Waals surface area contributed by atoms with Crippen molar-refractivity contribution in [3.63, 3.8) is 0 Å². The van der Waals surface area contributed by atoms with E-state index in [9.17, 15) is 4.79 Å². The lowest BCUT2D eigenvalue weighted by molar-refractivity contribution is -0.0466. The molecule has 2 saturated heterocycles. The van der Waals surface area contributed by atoms with Crippen LogP contribution < -0.4 is 0 Å². The molecule has 154 valence electrons. The quantitative estimate of drug-likeness (QED) is 0.666. The van der Waals surface area contributed by atoms with Crippen molar-refractivity contribution in [2.75, 3.05) is 19.7 Å². The molecule has 0 bridgehead atoms. The second-order valence-electron chi connectivity index (χ2n) is 8.20. The first-order chi connectivity index (χ1) is 14.7. The van der Waals surface area contributed by atoms with Crippen LogP contribution >= 0.6 is 0 Å². The summed E-state index contributed by atoms with van der Waals surface area (Å²) in [6, 6.07) is 13.6. The number of nitrogens with zero attached hydrogens (tertiary/aromatic N) is 3. The van der Waals surface area contributed by atoms with Gasteiger partial charge in [-0.05, 0) is 36.6 Å². The van der Waals surface area contributed by atoms with Gasteiger partial charge in [-0.2, -0.15) is 0 Å². The third kappa shape index (κ3) is 3.80. The number of likely N-dealkylation sites (tertiary alicyclic amines) is 1. The van der Waals surface area contributed by atoms with Crippen molar-refractivity contribution in [1.82, 2.24) is 14.9 Å². The minimum atomic E-state index is -0.314. The molecule has 6 heteroatoms. The molecule has 2 aliphatic rings. The smallest absolute Gasteiger partial charge is 0.256 e. The van der Waals surface area contributed by atoms with Gasteiger partial charge in [-0.15, -0.1) is 0 Å². The van der Waals surface area contributed by atoms with E-state index in [0.29, 0.717) is 25.3 Å². The van der Waals surface area contributed by atoms with Gasteiger partial charge in [0.05, 0.1) is 42.5 Å². The summed E-state index contributed by atoms with van der Waals surface area (Å²) in [5.74, 6) is 0.0294. The van der Waals surface area contributed by atoms with E-state index in [0.717, 1.165) is 42.3 Å². The first-order valence-electron chi connectivity index (χ1n) is 10.5. The number of aromatic nitrogens is 2. The molecule has 1 amide bonds. The van der Waals surface area contributed by atoms with Crippen LogP contribution in [0.25, 0.3) is 10.9 Å². The standard InChI is InChI=1S/C24H25N3O3/c28-23(21-8-1-6-19-7-3-11-26-22(19)21)27-12-4-9-24(17-27)13-20(16-30-24)29-15-18-5-2-10-25-14-18/h1-3,5-8,10-11,14,20H,4,9,12-13,15-17H2/t20-,24+/m1/s1. The lowest BCUT2D eigenvalue weighted by Gasteiger charge is -2.39. The molecule has 2 fully saturated rings. The van der Waals surface area contributed by atoms with Crippen LogP contribution in [0.2, 0.25) is 0 Å². The first-order valence-corrected chi connectivity index (χ1v) is 10.5. The third-order valence-electron chi connectivity index (χ3n) is 6.07. The molecule has 30 heavy (non-hydrogen) atoms. The molecule has 0 unspecified atom stereocenters. The largest absolute Gasteiger partial charge is 0.371 e. The molecule has 0 saturated carbocycles. The fourth-order valence-electron chi connectivity index (χ4n) is 4.61. The number of pyridine rings is 2. The zero-order valence-electron chi connectivity index (χ0n) is 16.9. The van der Waals surface area contributed by atoms with Crippen LogP contribution in [-0.4, -0.2) is 52.2 Å². The van der Waals surface area contributed by atoms with E-state index in [-0.39, 0.29) is 17.6 Å². The zero-order valence-corrected chi connectivity index (χ0v) is 16.9. The Balaban J connectivity index is 1.27. The number of para-hydroxylation sites is 1. The van der Waals surface area contributed by atoms with Gasteiger partial charge in [0.25, 0.3) is 5.91 Å². The summed E-state index contributed by atoms with van der Waals surface area (Å²) >= 11 is 0. The second-order valence-corrected chi connectivity index (χ2v) is 8.20. The van der Waals surface area contributed by atoms with Crippen molar-refractivity contribution in [2.45, 2.75) is 37.6 Å². The van der Waals surface area contributed by atoms with Crippen LogP contribution in [0, 0.1) is 0 Å². The second kappa shape index (κ2) is 8.13. The van der Waals surface area contributed by atoms with Crippen molar-refractivity contribution in [3.8, 4) is 0 Å². The molecular weight excluding hydrogens is 378 g/mol. The number of benzene rings is 1. The summed E-state index contributed by atoms with van der Waals surface area (Å²) in [5, 5.41) is 0.982. The number of hydrogen-bond donors (Lipinski definition) is 0. The Hall–Kier alpha value is -2.83. The molecule has 1 aromatic carbocycles. The Morgan fingerprint density at radius 1 is 1.20 bits per heavy atom. The number of piperidine rings is 1. The van der Waals surface area contributed by atoms with Gasteiger partial charge in [0.15, 0.2) is 0 Å². The zero-order chi connectivity index (χ0) is 20.4. The molecule has 0 aliphatic carbocycles. The molecule has 1 spiro atoms. The molecule has 2 aromatic heterocycles. The maximum absolute atomic E-state index is 13.3.